The molecule has 4 heteroatoms. The van der Waals surface area contributed by atoms with Gasteiger partial charge in [0.1, 0.15) is 11.4 Å². The average molecular weight is 391 g/mol. The van der Waals surface area contributed by atoms with Gasteiger partial charge in [-0.1, -0.05) is 64.7 Å². The van der Waals surface area contributed by atoms with Gasteiger partial charge < -0.3 is 9.47 Å². The van der Waals surface area contributed by atoms with Crippen LogP contribution in [0.2, 0.25) is 0 Å². The molecule has 0 radical (unpaired) electrons. The quantitative estimate of drug-likeness (QED) is 0.173. The molecule has 0 fully saturated rings. The number of unbranched alkanes of at least 4 members (excludes halogenated alkanes) is 9. The third-order valence-corrected chi connectivity index (χ3v) is 4.90. The highest BCUT2D eigenvalue weighted by Gasteiger charge is 2.23. The normalized spacial score (nSPS) is 11.2. The topological polar surface area (TPSA) is 52.6 Å². The van der Waals surface area contributed by atoms with E-state index in [0.29, 0.717) is 18.6 Å². The van der Waals surface area contributed by atoms with Gasteiger partial charge >= 0.3 is 0 Å². The van der Waals surface area contributed by atoms with Crippen LogP contribution in [0.5, 0.6) is 5.75 Å². The van der Waals surface area contributed by atoms with Crippen molar-refractivity contribution in [2.24, 2.45) is 0 Å². The molecule has 0 unspecified atom stereocenters. The van der Waals surface area contributed by atoms with Crippen LogP contribution in [0.4, 0.5) is 0 Å². The van der Waals surface area contributed by atoms with Crippen molar-refractivity contribution in [1.82, 2.24) is 0 Å². The SMILES string of the molecule is CCCCCCCCCCCCOc1ccc(C(=O)CC(C)(C)OC=O)cc1. The lowest BCUT2D eigenvalue weighted by atomic mass is 9.97. The molecule has 0 saturated carbocycles. The van der Waals surface area contributed by atoms with Crippen LogP contribution in [0.15, 0.2) is 24.3 Å². The first-order valence-electron chi connectivity index (χ1n) is 10.9. The fraction of sp³-hybridized carbons (Fsp3) is 0.667. The van der Waals surface area contributed by atoms with E-state index in [1.54, 1.807) is 26.0 Å². The Morgan fingerprint density at radius 2 is 1.43 bits per heavy atom. The number of hydrogen-bond acceptors (Lipinski definition) is 4. The Balaban J connectivity index is 2.15. The summed E-state index contributed by atoms with van der Waals surface area (Å²) in [5.74, 6) is 0.740. The maximum absolute atomic E-state index is 12.3. The Bertz CT molecular complexity index is 548. The molecule has 28 heavy (non-hydrogen) atoms. The van der Waals surface area contributed by atoms with Crippen LogP contribution in [0.25, 0.3) is 0 Å². The van der Waals surface area contributed by atoms with Crippen molar-refractivity contribution < 1.29 is 19.1 Å². The highest BCUT2D eigenvalue weighted by molar-refractivity contribution is 5.96. The summed E-state index contributed by atoms with van der Waals surface area (Å²) >= 11 is 0. The van der Waals surface area contributed by atoms with Gasteiger partial charge in [-0.25, -0.2) is 0 Å². The minimum absolute atomic E-state index is 0.0481. The molecule has 1 rings (SSSR count). The van der Waals surface area contributed by atoms with E-state index in [0.717, 1.165) is 12.2 Å². The number of carbonyl (C=O) groups excluding carboxylic acids is 2. The molecular formula is C24H38O4. The summed E-state index contributed by atoms with van der Waals surface area (Å²) < 4.78 is 10.7. The summed E-state index contributed by atoms with van der Waals surface area (Å²) in [6, 6.07) is 7.20. The lowest BCUT2D eigenvalue weighted by Gasteiger charge is -2.21. The molecule has 0 N–H and O–H groups in total. The van der Waals surface area contributed by atoms with Crippen LogP contribution < -0.4 is 4.74 Å². The van der Waals surface area contributed by atoms with E-state index in [2.05, 4.69) is 6.92 Å². The Morgan fingerprint density at radius 3 is 1.96 bits per heavy atom. The molecule has 0 amide bonds. The van der Waals surface area contributed by atoms with E-state index in [4.69, 9.17) is 9.47 Å². The van der Waals surface area contributed by atoms with E-state index in [9.17, 15) is 9.59 Å². The average Bonchev–Trinajstić information content (AvgIpc) is 2.66. The Kier molecular flexibility index (Phi) is 12.3. The van der Waals surface area contributed by atoms with E-state index >= 15 is 0 Å². The second-order valence-electron chi connectivity index (χ2n) is 8.13. The van der Waals surface area contributed by atoms with Crippen LogP contribution in [-0.2, 0) is 9.53 Å². The number of hydrogen-bond donors (Lipinski definition) is 0. The van der Waals surface area contributed by atoms with Crippen LogP contribution in [0, 0.1) is 0 Å². The number of rotatable bonds is 17. The van der Waals surface area contributed by atoms with Gasteiger partial charge in [0.05, 0.1) is 13.0 Å². The van der Waals surface area contributed by atoms with E-state index in [1.165, 1.54) is 57.8 Å². The zero-order valence-corrected chi connectivity index (χ0v) is 18.0. The van der Waals surface area contributed by atoms with Crippen LogP contribution in [0.1, 0.15) is 102 Å². The highest BCUT2D eigenvalue weighted by atomic mass is 16.5. The van der Waals surface area contributed by atoms with Gasteiger partial charge in [0.25, 0.3) is 6.47 Å². The summed E-state index contributed by atoms with van der Waals surface area (Å²) in [4.78, 5) is 22.7. The second kappa shape index (κ2) is 14.2. The summed E-state index contributed by atoms with van der Waals surface area (Å²) in [6.07, 6.45) is 13.2. The second-order valence-corrected chi connectivity index (χ2v) is 8.13. The maximum atomic E-state index is 12.3. The molecule has 0 spiro atoms. The third-order valence-electron chi connectivity index (χ3n) is 4.90. The highest BCUT2D eigenvalue weighted by Crippen LogP contribution is 2.19. The Hall–Kier alpha value is -1.84. The van der Waals surface area contributed by atoms with E-state index in [-0.39, 0.29) is 12.2 Å². The van der Waals surface area contributed by atoms with Crippen molar-refractivity contribution in [2.45, 2.75) is 97.0 Å². The minimum atomic E-state index is -0.788. The number of ether oxygens (including phenoxy) is 2. The molecule has 0 atom stereocenters. The first-order valence-corrected chi connectivity index (χ1v) is 10.9. The standard InChI is InChI=1S/C24H38O4/c1-4-5-6-7-8-9-10-11-12-13-18-27-22-16-14-21(15-17-22)23(26)19-24(2,3)28-20-25/h14-17,20H,4-13,18-19H2,1-3H3. The molecule has 0 bridgehead atoms. The number of Topliss-reactive ketones (excluding diaryl/α,β-unsaturated/α-hetero) is 1. The first-order chi connectivity index (χ1) is 13.5. The fourth-order valence-electron chi connectivity index (χ4n) is 3.18. The monoisotopic (exact) mass is 390 g/mol. The fourth-order valence-corrected chi connectivity index (χ4v) is 3.18. The molecular weight excluding hydrogens is 352 g/mol. The molecule has 0 aliphatic heterocycles. The molecule has 1 aromatic rings. The smallest absolute Gasteiger partial charge is 0.293 e. The Morgan fingerprint density at radius 1 is 0.893 bits per heavy atom. The predicted molar refractivity (Wildman–Crippen MR) is 114 cm³/mol. The molecule has 1 aromatic carbocycles. The summed E-state index contributed by atoms with van der Waals surface area (Å²) in [6.45, 7) is 6.80. The van der Waals surface area contributed by atoms with Crippen molar-refractivity contribution in [2.75, 3.05) is 6.61 Å². The lowest BCUT2D eigenvalue weighted by Crippen LogP contribution is -2.27. The van der Waals surface area contributed by atoms with Crippen molar-refractivity contribution >= 4 is 12.3 Å². The van der Waals surface area contributed by atoms with Gasteiger partial charge in [-0.2, -0.15) is 0 Å². The molecule has 158 valence electrons. The van der Waals surface area contributed by atoms with Gasteiger partial charge in [-0.05, 0) is 44.5 Å². The molecule has 0 saturated heterocycles. The third kappa shape index (κ3) is 11.1. The van der Waals surface area contributed by atoms with E-state index in [1.807, 2.05) is 12.1 Å². The van der Waals surface area contributed by atoms with Gasteiger partial charge in [0, 0.05) is 5.56 Å². The van der Waals surface area contributed by atoms with Gasteiger partial charge in [-0.3, -0.25) is 9.59 Å². The van der Waals surface area contributed by atoms with Crippen LogP contribution in [0.3, 0.4) is 0 Å². The van der Waals surface area contributed by atoms with Gasteiger partial charge in [0.2, 0.25) is 0 Å². The molecule has 0 aliphatic carbocycles. The maximum Gasteiger partial charge on any atom is 0.293 e. The number of benzene rings is 1. The van der Waals surface area contributed by atoms with E-state index < -0.39 is 5.60 Å². The summed E-state index contributed by atoms with van der Waals surface area (Å²) in [5.41, 5.74) is -0.183. The van der Waals surface area contributed by atoms with Crippen LogP contribution >= 0.6 is 0 Å². The molecule has 0 aromatic heterocycles. The largest absolute Gasteiger partial charge is 0.494 e. The molecule has 0 aliphatic rings. The summed E-state index contributed by atoms with van der Waals surface area (Å²) in [5, 5.41) is 0. The van der Waals surface area contributed by atoms with Crippen molar-refractivity contribution in [3.05, 3.63) is 29.8 Å². The number of ketones is 1. The zero-order chi connectivity index (χ0) is 20.7. The minimum Gasteiger partial charge on any atom is -0.494 e. The first kappa shape index (κ1) is 24.2. The van der Waals surface area contributed by atoms with Crippen molar-refractivity contribution in [3.63, 3.8) is 0 Å². The number of carbonyl (C=O) groups is 2. The van der Waals surface area contributed by atoms with Crippen molar-refractivity contribution in [3.8, 4) is 5.75 Å². The zero-order valence-electron chi connectivity index (χ0n) is 18.0. The van der Waals surface area contributed by atoms with Crippen molar-refractivity contribution in [1.29, 1.82) is 0 Å². The van der Waals surface area contributed by atoms with Crippen LogP contribution in [-0.4, -0.2) is 24.5 Å². The Labute approximate surface area is 171 Å². The molecule has 4 nitrogen and oxygen atoms in total. The molecule has 0 heterocycles. The summed E-state index contributed by atoms with van der Waals surface area (Å²) in [7, 11) is 0. The van der Waals surface area contributed by atoms with Gasteiger partial charge in [-0.15, -0.1) is 0 Å². The van der Waals surface area contributed by atoms with Gasteiger partial charge in [0.15, 0.2) is 5.78 Å². The lowest BCUT2D eigenvalue weighted by molar-refractivity contribution is -0.139. The predicted octanol–water partition coefficient (Wildman–Crippen LogP) is 6.51.